The number of hydrogen-bond donors (Lipinski definition) is 2. The topological polar surface area (TPSA) is 67.4 Å². The quantitative estimate of drug-likeness (QED) is 0.809. The zero-order valence-corrected chi connectivity index (χ0v) is 13.6. The van der Waals surface area contributed by atoms with Gasteiger partial charge in [-0.25, -0.2) is 4.39 Å². The number of hydrogen-bond acceptors (Lipinski definition) is 3. The molecule has 0 aliphatic carbocycles. The van der Waals surface area contributed by atoms with Crippen LogP contribution < -0.4 is 15.4 Å². The van der Waals surface area contributed by atoms with Gasteiger partial charge in [0.25, 0.3) is 5.91 Å². The lowest BCUT2D eigenvalue weighted by molar-refractivity contribution is -0.125. The van der Waals surface area contributed by atoms with Gasteiger partial charge in [0.15, 0.2) is 6.61 Å². The van der Waals surface area contributed by atoms with Crippen LogP contribution >= 0.6 is 15.9 Å². The van der Waals surface area contributed by atoms with E-state index in [1.54, 1.807) is 18.2 Å². The second-order valence-corrected chi connectivity index (χ2v) is 5.41. The lowest BCUT2D eigenvalue weighted by Gasteiger charge is -2.09. The van der Waals surface area contributed by atoms with Crippen molar-refractivity contribution >= 4 is 33.4 Å². The molecule has 0 spiro atoms. The largest absolute Gasteiger partial charge is 0.483 e. The van der Waals surface area contributed by atoms with Crippen molar-refractivity contribution in [2.45, 2.75) is 0 Å². The molecule has 2 rings (SSSR count). The number of carbonyl (C=O) groups excluding carboxylic acids is 2. The Kier molecular flexibility index (Phi) is 6.10. The van der Waals surface area contributed by atoms with Crippen molar-refractivity contribution in [3.8, 4) is 5.75 Å². The van der Waals surface area contributed by atoms with E-state index in [1.807, 2.05) is 6.07 Å². The molecular weight excluding hydrogens is 367 g/mol. The van der Waals surface area contributed by atoms with Gasteiger partial charge in [-0.15, -0.1) is 0 Å². The van der Waals surface area contributed by atoms with Gasteiger partial charge >= 0.3 is 0 Å². The summed E-state index contributed by atoms with van der Waals surface area (Å²) in [6.45, 7) is -0.401. The molecule has 0 heterocycles. The van der Waals surface area contributed by atoms with Crippen molar-refractivity contribution in [3.63, 3.8) is 0 Å². The fraction of sp³-hybridized carbons (Fsp3) is 0.125. The maximum atomic E-state index is 12.7. The number of halogens is 2. The maximum absolute atomic E-state index is 12.7. The summed E-state index contributed by atoms with van der Waals surface area (Å²) in [5.74, 6) is -0.681. The Bertz CT molecular complexity index is 692. The van der Waals surface area contributed by atoms with Gasteiger partial charge in [0, 0.05) is 5.69 Å². The molecule has 5 nitrogen and oxygen atoms in total. The molecule has 0 aliphatic rings. The summed E-state index contributed by atoms with van der Waals surface area (Å²) in [6, 6.07) is 12.5. The van der Waals surface area contributed by atoms with Gasteiger partial charge < -0.3 is 15.4 Å². The molecule has 0 bridgehead atoms. The highest BCUT2D eigenvalue weighted by Crippen LogP contribution is 2.23. The number of carbonyl (C=O) groups is 2. The van der Waals surface area contributed by atoms with Gasteiger partial charge in [-0.05, 0) is 52.3 Å². The number of ether oxygens (including phenoxy) is 1. The first-order valence-corrected chi connectivity index (χ1v) is 7.53. The highest BCUT2D eigenvalue weighted by atomic mass is 79.9. The van der Waals surface area contributed by atoms with Crippen LogP contribution in [0.15, 0.2) is 53.0 Å². The molecule has 2 aromatic rings. The van der Waals surface area contributed by atoms with Crippen molar-refractivity contribution in [2.75, 3.05) is 18.5 Å². The molecular formula is C16H14BrFN2O3. The predicted octanol–water partition coefficient (Wildman–Crippen LogP) is 2.72. The van der Waals surface area contributed by atoms with Crippen molar-refractivity contribution in [1.82, 2.24) is 5.32 Å². The molecule has 2 N–H and O–H groups in total. The molecule has 0 aliphatic heterocycles. The van der Waals surface area contributed by atoms with Crippen LogP contribution in [0.3, 0.4) is 0 Å². The van der Waals surface area contributed by atoms with Crippen LogP contribution in [0.1, 0.15) is 0 Å². The fourth-order valence-electron chi connectivity index (χ4n) is 1.67. The van der Waals surface area contributed by atoms with E-state index in [4.69, 9.17) is 4.74 Å². The van der Waals surface area contributed by atoms with Crippen molar-refractivity contribution in [2.24, 2.45) is 0 Å². The van der Waals surface area contributed by atoms with Crippen LogP contribution in [0.2, 0.25) is 0 Å². The Morgan fingerprint density at radius 1 is 1.04 bits per heavy atom. The van der Waals surface area contributed by atoms with E-state index in [0.717, 1.165) is 4.47 Å². The van der Waals surface area contributed by atoms with Gasteiger partial charge in [0.2, 0.25) is 5.91 Å². The van der Waals surface area contributed by atoms with Crippen LogP contribution in [0, 0.1) is 5.82 Å². The molecule has 0 saturated carbocycles. The molecule has 23 heavy (non-hydrogen) atoms. The first kappa shape index (κ1) is 17.0. The normalized spacial score (nSPS) is 10.0. The molecule has 7 heteroatoms. The summed E-state index contributed by atoms with van der Waals surface area (Å²) in [7, 11) is 0. The summed E-state index contributed by atoms with van der Waals surface area (Å²) >= 11 is 3.30. The lowest BCUT2D eigenvalue weighted by atomic mass is 10.3. The zero-order valence-electron chi connectivity index (χ0n) is 12.0. The minimum absolute atomic E-state index is 0.199. The molecule has 0 fully saturated rings. The summed E-state index contributed by atoms with van der Waals surface area (Å²) in [4.78, 5) is 23.3. The smallest absolute Gasteiger partial charge is 0.258 e. The molecule has 2 amide bonds. The van der Waals surface area contributed by atoms with E-state index < -0.39 is 11.8 Å². The van der Waals surface area contributed by atoms with E-state index in [9.17, 15) is 14.0 Å². The van der Waals surface area contributed by atoms with Gasteiger partial charge in [-0.3, -0.25) is 9.59 Å². The highest BCUT2D eigenvalue weighted by Gasteiger charge is 2.08. The van der Waals surface area contributed by atoms with Crippen molar-refractivity contribution in [3.05, 3.63) is 58.8 Å². The second kappa shape index (κ2) is 8.28. The summed E-state index contributed by atoms with van der Waals surface area (Å²) in [6.07, 6.45) is 0. The molecule has 0 aromatic heterocycles. The van der Waals surface area contributed by atoms with Crippen molar-refractivity contribution in [1.29, 1.82) is 0 Å². The first-order valence-electron chi connectivity index (χ1n) is 6.74. The van der Waals surface area contributed by atoms with Crippen LogP contribution in [-0.2, 0) is 9.59 Å². The number of anilines is 1. The summed E-state index contributed by atoms with van der Waals surface area (Å²) in [5, 5.41) is 4.98. The summed E-state index contributed by atoms with van der Waals surface area (Å²) < 4.78 is 18.8. The summed E-state index contributed by atoms with van der Waals surface area (Å²) in [5.41, 5.74) is 0.454. The zero-order chi connectivity index (χ0) is 16.7. The Morgan fingerprint density at radius 2 is 1.74 bits per heavy atom. The third kappa shape index (κ3) is 5.71. The molecule has 0 saturated heterocycles. The number of rotatable bonds is 6. The number of nitrogens with one attached hydrogen (secondary N) is 2. The van der Waals surface area contributed by atoms with E-state index in [-0.39, 0.29) is 19.0 Å². The maximum Gasteiger partial charge on any atom is 0.258 e. The van der Waals surface area contributed by atoms with E-state index in [2.05, 4.69) is 26.6 Å². The third-order valence-electron chi connectivity index (χ3n) is 2.77. The van der Waals surface area contributed by atoms with Gasteiger partial charge in [-0.2, -0.15) is 0 Å². The minimum Gasteiger partial charge on any atom is -0.483 e. The monoisotopic (exact) mass is 380 g/mol. The average molecular weight is 381 g/mol. The van der Waals surface area contributed by atoms with Crippen LogP contribution in [0.25, 0.3) is 0 Å². The third-order valence-corrected chi connectivity index (χ3v) is 3.42. The van der Waals surface area contributed by atoms with Crippen LogP contribution in [0.5, 0.6) is 5.75 Å². The Balaban J connectivity index is 1.72. The number of benzene rings is 2. The van der Waals surface area contributed by atoms with E-state index in [0.29, 0.717) is 11.4 Å². The second-order valence-electron chi connectivity index (χ2n) is 4.55. The SMILES string of the molecule is O=C(COc1ccccc1Br)NCC(=O)Nc1ccc(F)cc1. The Hall–Kier alpha value is -2.41. The number of para-hydroxylation sites is 1. The predicted molar refractivity (Wildman–Crippen MR) is 87.7 cm³/mol. The fourth-order valence-corrected chi connectivity index (χ4v) is 2.07. The van der Waals surface area contributed by atoms with E-state index in [1.165, 1.54) is 24.3 Å². The molecule has 0 radical (unpaired) electrons. The van der Waals surface area contributed by atoms with Crippen LogP contribution in [0.4, 0.5) is 10.1 Å². The Morgan fingerprint density at radius 3 is 2.43 bits per heavy atom. The molecule has 2 aromatic carbocycles. The lowest BCUT2D eigenvalue weighted by Crippen LogP contribution is -2.35. The minimum atomic E-state index is -0.421. The Labute approximate surface area is 141 Å². The highest BCUT2D eigenvalue weighted by molar-refractivity contribution is 9.10. The van der Waals surface area contributed by atoms with Gasteiger partial charge in [-0.1, -0.05) is 12.1 Å². The molecule has 0 unspecified atom stereocenters. The van der Waals surface area contributed by atoms with Gasteiger partial charge in [0.1, 0.15) is 11.6 Å². The molecule has 120 valence electrons. The average Bonchev–Trinajstić information content (AvgIpc) is 2.54. The molecule has 0 atom stereocenters. The van der Waals surface area contributed by atoms with Gasteiger partial charge in [0.05, 0.1) is 11.0 Å². The standard InChI is InChI=1S/C16H14BrFN2O3/c17-13-3-1-2-4-14(13)23-10-16(22)19-9-15(21)20-12-7-5-11(18)6-8-12/h1-8H,9-10H2,(H,19,22)(H,20,21). The van der Waals surface area contributed by atoms with Crippen LogP contribution in [-0.4, -0.2) is 25.0 Å². The first-order chi connectivity index (χ1) is 11.0. The number of amides is 2. The van der Waals surface area contributed by atoms with E-state index >= 15 is 0 Å². The van der Waals surface area contributed by atoms with Crippen molar-refractivity contribution < 1.29 is 18.7 Å².